The van der Waals surface area contributed by atoms with Crippen molar-refractivity contribution in [3.63, 3.8) is 0 Å². The maximum Gasteiger partial charge on any atom is 0.252 e. The van der Waals surface area contributed by atoms with Crippen molar-refractivity contribution in [2.45, 2.75) is 57.1 Å². The molecule has 130 valence electrons. The third kappa shape index (κ3) is 3.21. The molecule has 0 N–H and O–H groups in total. The van der Waals surface area contributed by atoms with E-state index in [0.29, 0.717) is 30.8 Å². The zero-order chi connectivity index (χ0) is 16.6. The van der Waals surface area contributed by atoms with E-state index in [1.165, 1.54) is 12.8 Å². The Morgan fingerprint density at radius 3 is 2.92 bits per heavy atom. The number of ether oxygens (including phenoxy) is 1. The lowest BCUT2D eigenvalue weighted by molar-refractivity contribution is 0.121. The smallest absolute Gasteiger partial charge is 0.252 e. The number of likely N-dealkylation sites (tertiary alicyclic amines) is 1. The SMILES string of the molecule is COCc1nc(CN2CCC[C@@](C)(c3nc(C4CC4)no3)C2)no1. The molecule has 8 heteroatoms. The molecule has 8 nitrogen and oxygen atoms in total. The highest BCUT2D eigenvalue weighted by atomic mass is 16.5. The van der Waals surface area contributed by atoms with E-state index >= 15 is 0 Å². The summed E-state index contributed by atoms with van der Waals surface area (Å²) in [6.45, 7) is 5.07. The Hall–Kier alpha value is -1.80. The van der Waals surface area contributed by atoms with E-state index in [4.69, 9.17) is 13.8 Å². The van der Waals surface area contributed by atoms with Gasteiger partial charge in [0.05, 0.1) is 12.0 Å². The van der Waals surface area contributed by atoms with E-state index in [1.807, 2.05) is 0 Å². The Kier molecular flexibility index (Phi) is 4.09. The first-order valence-electron chi connectivity index (χ1n) is 8.53. The van der Waals surface area contributed by atoms with Crippen LogP contribution in [0, 0.1) is 0 Å². The van der Waals surface area contributed by atoms with Crippen LogP contribution >= 0.6 is 0 Å². The molecule has 2 aromatic heterocycles. The van der Waals surface area contributed by atoms with Gasteiger partial charge < -0.3 is 13.8 Å². The number of hydrogen-bond donors (Lipinski definition) is 0. The Morgan fingerprint density at radius 1 is 1.25 bits per heavy atom. The zero-order valence-corrected chi connectivity index (χ0v) is 14.2. The molecule has 1 saturated carbocycles. The van der Waals surface area contributed by atoms with Crippen molar-refractivity contribution < 1.29 is 13.8 Å². The highest BCUT2D eigenvalue weighted by Gasteiger charge is 2.39. The minimum absolute atomic E-state index is 0.114. The molecule has 0 unspecified atom stereocenters. The molecule has 0 spiro atoms. The van der Waals surface area contributed by atoms with Crippen molar-refractivity contribution in [3.8, 4) is 0 Å². The van der Waals surface area contributed by atoms with Gasteiger partial charge in [-0.2, -0.15) is 9.97 Å². The Bertz CT molecular complexity index is 695. The highest BCUT2D eigenvalue weighted by Crippen LogP contribution is 2.40. The van der Waals surface area contributed by atoms with Crippen LogP contribution in [0.5, 0.6) is 0 Å². The average molecular weight is 333 g/mol. The second-order valence-electron chi connectivity index (χ2n) is 7.14. The summed E-state index contributed by atoms with van der Waals surface area (Å²) in [5.41, 5.74) is -0.114. The molecule has 3 heterocycles. The predicted octanol–water partition coefficient (Wildman–Crippen LogP) is 2.03. The number of piperidine rings is 1. The molecule has 24 heavy (non-hydrogen) atoms. The lowest BCUT2D eigenvalue weighted by atomic mass is 9.81. The third-order valence-corrected chi connectivity index (χ3v) is 4.82. The number of methoxy groups -OCH3 is 1. The molecule has 1 saturated heterocycles. The van der Waals surface area contributed by atoms with Gasteiger partial charge in [0.2, 0.25) is 5.89 Å². The average Bonchev–Trinajstić information content (AvgIpc) is 3.11. The molecular weight excluding hydrogens is 310 g/mol. The highest BCUT2D eigenvalue weighted by molar-refractivity contribution is 5.11. The molecule has 4 rings (SSSR count). The first kappa shape index (κ1) is 15.7. The van der Waals surface area contributed by atoms with E-state index < -0.39 is 0 Å². The molecule has 0 radical (unpaired) electrons. The van der Waals surface area contributed by atoms with Gasteiger partial charge >= 0.3 is 0 Å². The van der Waals surface area contributed by atoms with Gasteiger partial charge in [-0.1, -0.05) is 10.3 Å². The topological polar surface area (TPSA) is 90.3 Å². The minimum Gasteiger partial charge on any atom is -0.375 e. The minimum atomic E-state index is -0.114. The van der Waals surface area contributed by atoms with Crippen molar-refractivity contribution in [1.82, 2.24) is 25.2 Å². The summed E-state index contributed by atoms with van der Waals surface area (Å²) in [4.78, 5) is 11.3. The molecule has 0 aromatic carbocycles. The summed E-state index contributed by atoms with van der Waals surface area (Å²) in [7, 11) is 1.61. The predicted molar refractivity (Wildman–Crippen MR) is 83.1 cm³/mol. The van der Waals surface area contributed by atoms with Gasteiger partial charge in [0.25, 0.3) is 5.89 Å². The fourth-order valence-electron chi connectivity index (χ4n) is 3.38. The van der Waals surface area contributed by atoms with Gasteiger partial charge in [0, 0.05) is 19.6 Å². The van der Waals surface area contributed by atoms with Crippen LogP contribution in [-0.2, 0) is 23.3 Å². The Morgan fingerprint density at radius 2 is 2.12 bits per heavy atom. The largest absolute Gasteiger partial charge is 0.375 e. The van der Waals surface area contributed by atoms with E-state index in [-0.39, 0.29) is 5.41 Å². The second-order valence-corrected chi connectivity index (χ2v) is 7.14. The van der Waals surface area contributed by atoms with Crippen molar-refractivity contribution in [1.29, 1.82) is 0 Å². The van der Waals surface area contributed by atoms with E-state index in [2.05, 4.69) is 32.1 Å². The molecule has 1 atom stereocenters. The summed E-state index contributed by atoms with van der Waals surface area (Å²) in [6, 6.07) is 0. The number of nitrogens with zero attached hydrogens (tertiary/aromatic N) is 5. The summed E-state index contributed by atoms with van der Waals surface area (Å²) in [5, 5.41) is 8.20. The van der Waals surface area contributed by atoms with Crippen molar-refractivity contribution in [2.75, 3.05) is 20.2 Å². The van der Waals surface area contributed by atoms with Gasteiger partial charge in [0.1, 0.15) is 6.61 Å². The van der Waals surface area contributed by atoms with Crippen LogP contribution in [0.15, 0.2) is 9.05 Å². The molecule has 2 aromatic rings. The molecule has 2 fully saturated rings. The van der Waals surface area contributed by atoms with Crippen LogP contribution in [0.2, 0.25) is 0 Å². The van der Waals surface area contributed by atoms with Crippen LogP contribution in [0.1, 0.15) is 62.0 Å². The van der Waals surface area contributed by atoms with Gasteiger partial charge in [-0.05, 0) is 39.2 Å². The molecule has 2 aliphatic rings. The quantitative estimate of drug-likeness (QED) is 0.793. The van der Waals surface area contributed by atoms with Crippen molar-refractivity contribution in [3.05, 3.63) is 23.4 Å². The van der Waals surface area contributed by atoms with Gasteiger partial charge in [-0.25, -0.2) is 0 Å². The standard InChI is InChI=1S/C16H23N5O3/c1-16(15-18-14(20-24-15)11-4-5-11)6-3-7-21(10-16)8-12-17-13(9-22-2)23-19-12/h11H,3-10H2,1-2H3/t16-/m1/s1. The Labute approximate surface area is 140 Å². The molecule has 0 amide bonds. The molecule has 1 aliphatic heterocycles. The summed E-state index contributed by atoms with van der Waals surface area (Å²) < 4.78 is 15.8. The first-order chi connectivity index (χ1) is 11.7. The van der Waals surface area contributed by atoms with Crippen molar-refractivity contribution >= 4 is 0 Å². The first-order valence-corrected chi connectivity index (χ1v) is 8.53. The fourth-order valence-corrected chi connectivity index (χ4v) is 3.38. The van der Waals surface area contributed by atoms with E-state index in [1.54, 1.807) is 7.11 Å². The van der Waals surface area contributed by atoms with Crippen LogP contribution < -0.4 is 0 Å². The van der Waals surface area contributed by atoms with Gasteiger partial charge in [0.15, 0.2) is 11.6 Å². The van der Waals surface area contributed by atoms with E-state index in [9.17, 15) is 0 Å². The maximum absolute atomic E-state index is 5.59. The van der Waals surface area contributed by atoms with Crippen molar-refractivity contribution in [2.24, 2.45) is 0 Å². The second kappa shape index (κ2) is 6.25. The van der Waals surface area contributed by atoms with E-state index in [0.717, 1.165) is 37.6 Å². The number of aromatic nitrogens is 4. The van der Waals surface area contributed by atoms with Crippen LogP contribution in [0.25, 0.3) is 0 Å². The third-order valence-electron chi connectivity index (χ3n) is 4.82. The maximum atomic E-state index is 5.59. The van der Waals surface area contributed by atoms with Crippen LogP contribution in [0.4, 0.5) is 0 Å². The lowest BCUT2D eigenvalue weighted by Gasteiger charge is -2.37. The summed E-state index contributed by atoms with van der Waals surface area (Å²) in [6.07, 6.45) is 4.50. The van der Waals surface area contributed by atoms with Gasteiger partial charge in [-0.15, -0.1) is 0 Å². The number of rotatable bonds is 6. The molecule has 1 aliphatic carbocycles. The lowest BCUT2D eigenvalue weighted by Crippen LogP contribution is -2.44. The molecule has 0 bridgehead atoms. The van der Waals surface area contributed by atoms with Crippen LogP contribution in [-0.4, -0.2) is 45.4 Å². The fraction of sp³-hybridized carbons (Fsp3) is 0.750. The van der Waals surface area contributed by atoms with Gasteiger partial charge in [-0.3, -0.25) is 4.90 Å². The molecular formula is C16H23N5O3. The Balaban J connectivity index is 1.43. The number of hydrogen-bond acceptors (Lipinski definition) is 8. The van der Waals surface area contributed by atoms with Crippen LogP contribution in [0.3, 0.4) is 0 Å². The zero-order valence-electron chi connectivity index (χ0n) is 14.2. The summed E-state index contributed by atoms with van der Waals surface area (Å²) >= 11 is 0. The summed E-state index contributed by atoms with van der Waals surface area (Å²) in [5.74, 6) is 3.37. The monoisotopic (exact) mass is 333 g/mol. The normalized spacial score (nSPS) is 25.2.